The molecule has 0 heterocycles. The highest BCUT2D eigenvalue weighted by atomic mass is 127. The number of hydrogen-bond acceptors (Lipinski definition) is 5. The lowest BCUT2D eigenvalue weighted by Gasteiger charge is -2.14. The SMILES string of the molecule is CCOCCOCCOCCN(C)C/C=C/C(=O)I. The Balaban J connectivity index is 3.22. The van der Waals surface area contributed by atoms with Gasteiger partial charge < -0.3 is 19.1 Å². The minimum atomic E-state index is 0.0476. The quantitative estimate of drug-likeness (QED) is 0.208. The second kappa shape index (κ2) is 14.4. The molecule has 0 aliphatic carbocycles. The van der Waals surface area contributed by atoms with E-state index in [-0.39, 0.29) is 3.79 Å². The number of ether oxygens (including phenoxy) is 3. The Morgan fingerprint density at radius 2 is 1.68 bits per heavy atom. The van der Waals surface area contributed by atoms with E-state index >= 15 is 0 Å². The molecule has 0 atom stereocenters. The standard InChI is InChI=1S/C13H24INO4/c1-3-17-9-10-19-12-11-18-8-7-15(2)6-4-5-13(14)16/h4-5H,3,6-12H2,1-2H3/b5-4+. The van der Waals surface area contributed by atoms with E-state index in [1.807, 2.05) is 20.0 Å². The van der Waals surface area contributed by atoms with E-state index in [9.17, 15) is 4.79 Å². The van der Waals surface area contributed by atoms with Gasteiger partial charge in [-0.15, -0.1) is 0 Å². The third kappa shape index (κ3) is 15.9. The molecule has 0 aliphatic heterocycles. The number of allylic oxidation sites excluding steroid dienone is 1. The van der Waals surface area contributed by atoms with E-state index in [4.69, 9.17) is 14.2 Å². The molecule has 5 nitrogen and oxygen atoms in total. The second-order valence-corrected chi connectivity index (χ2v) is 4.95. The molecule has 0 saturated heterocycles. The number of carbonyl (C=O) groups excluding carboxylic acids is 1. The zero-order valence-electron chi connectivity index (χ0n) is 11.8. The van der Waals surface area contributed by atoms with E-state index in [2.05, 4.69) is 4.90 Å². The van der Waals surface area contributed by atoms with Crippen molar-refractivity contribution in [1.82, 2.24) is 4.90 Å². The van der Waals surface area contributed by atoms with Crippen LogP contribution in [0.1, 0.15) is 6.92 Å². The molecule has 112 valence electrons. The third-order valence-electron chi connectivity index (χ3n) is 2.23. The van der Waals surface area contributed by atoms with Gasteiger partial charge in [-0.3, -0.25) is 4.79 Å². The maximum absolute atomic E-state index is 10.7. The molecule has 0 radical (unpaired) electrons. The highest BCUT2D eigenvalue weighted by Crippen LogP contribution is 1.90. The maximum Gasteiger partial charge on any atom is 0.214 e. The van der Waals surface area contributed by atoms with Crippen LogP contribution in [0, 0.1) is 0 Å². The van der Waals surface area contributed by atoms with Crippen molar-refractivity contribution in [3.63, 3.8) is 0 Å². The van der Waals surface area contributed by atoms with Gasteiger partial charge in [0.25, 0.3) is 0 Å². The summed E-state index contributed by atoms with van der Waals surface area (Å²) in [7, 11) is 1.99. The highest BCUT2D eigenvalue weighted by Gasteiger charge is 1.96. The molecule has 0 rings (SSSR count). The van der Waals surface area contributed by atoms with Gasteiger partial charge in [0.15, 0.2) is 0 Å². The first-order chi connectivity index (χ1) is 9.16. The van der Waals surface area contributed by atoms with Crippen LogP contribution in [0.2, 0.25) is 0 Å². The molecule has 0 aliphatic rings. The topological polar surface area (TPSA) is 48.0 Å². The zero-order chi connectivity index (χ0) is 14.3. The molecule has 0 spiro atoms. The summed E-state index contributed by atoms with van der Waals surface area (Å²) in [6.45, 7) is 7.39. The summed E-state index contributed by atoms with van der Waals surface area (Å²) in [5.74, 6) is 0. The van der Waals surface area contributed by atoms with Crippen LogP contribution in [-0.4, -0.2) is 68.5 Å². The largest absolute Gasteiger partial charge is 0.379 e. The molecule has 0 unspecified atom stereocenters. The monoisotopic (exact) mass is 385 g/mol. The molecule has 0 aromatic rings. The Morgan fingerprint density at radius 1 is 1.11 bits per heavy atom. The summed E-state index contributed by atoms with van der Waals surface area (Å²) in [4.78, 5) is 12.8. The first-order valence-electron chi connectivity index (χ1n) is 6.44. The van der Waals surface area contributed by atoms with Crippen LogP contribution in [-0.2, 0) is 19.0 Å². The summed E-state index contributed by atoms with van der Waals surface area (Å²) in [5, 5.41) is 0. The summed E-state index contributed by atoms with van der Waals surface area (Å²) >= 11 is 1.75. The number of carbonyl (C=O) groups is 1. The molecule has 0 aromatic carbocycles. The van der Waals surface area contributed by atoms with Crippen molar-refractivity contribution in [3.8, 4) is 0 Å². The molecule has 0 N–H and O–H groups in total. The number of nitrogens with zero attached hydrogens (tertiary/aromatic N) is 1. The van der Waals surface area contributed by atoms with Gasteiger partial charge in [0.2, 0.25) is 3.79 Å². The Morgan fingerprint density at radius 3 is 2.26 bits per heavy atom. The predicted octanol–water partition coefficient (Wildman–Crippen LogP) is 1.51. The number of halogens is 1. The Labute approximate surface area is 129 Å². The average Bonchev–Trinajstić information content (AvgIpc) is 2.36. The highest BCUT2D eigenvalue weighted by molar-refractivity contribution is 14.1. The molecule has 0 amide bonds. The van der Waals surface area contributed by atoms with Gasteiger partial charge >= 0.3 is 0 Å². The molecule has 0 bridgehead atoms. The van der Waals surface area contributed by atoms with Gasteiger partial charge in [-0.05, 0) is 20.0 Å². The second-order valence-electron chi connectivity index (χ2n) is 3.89. The molecule has 0 saturated carbocycles. The smallest absolute Gasteiger partial charge is 0.214 e. The van der Waals surface area contributed by atoms with Gasteiger partial charge in [-0.25, -0.2) is 0 Å². The molecule has 6 heteroatoms. The number of hydrogen-bond donors (Lipinski definition) is 0. The Bertz CT molecular complexity index is 249. The molecule has 19 heavy (non-hydrogen) atoms. The molecular weight excluding hydrogens is 361 g/mol. The summed E-state index contributed by atoms with van der Waals surface area (Å²) in [5.41, 5.74) is 0. The van der Waals surface area contributed by atoms with Crippen LogP contribution >= 0.6 is 22.6 Å². The lowest BCUT2D eigenvalue weighted by molar-refractivity contribution is -0.105. The maximum atomic E-state index is 10.7. The van der Waals surface area contributed by atoms with Crippen molar-refractivity contribution in [2.24, 2.45) is 0 Å². The van der Waals surface area contributed by atoms with Crippen molar-refractivity contribution >= 4 is 26.4 Å². The van der Waals surface area contributed by atoms with E-state index in [1.54, 1.807) is 28.7 Å². The zero-order valence-corrected chi connectivity index (χ0v) is 13.9. The van der Waals surface area contributed by atoms with E-state index < -0.39 is 0 Å². The first-order valence-corrected chi connectivity index (χ1v) is 7.52. The lowest BCUT2D eigenvalue weighted by Crippen LogP contribution is -2.24. The fraction of sp³-hybridized carbons (Fsp3) is 0.769. The summed E-state index contributed by atoms with van der Waals surface area (Å²) in [6, 6.07) is 0. The van der Waals surface area contributed by atoms with Crippen LogP contribution in [0.4, 0.5) is 0 Å². The lowest BCUT2D eigenvalue weighted by atomic mass is 10.4. The van der Waals surface area contributed by atoms with Gasteiger partial charge in [-0.1, -0.05) is 6.08 Å². The normalized spacial score (nSPS) is 11.6. The average molecular weight is 385 g/mol. The van der Waals surface area contributed by atoms with E-state index in [0.29, 0.717) is 33.0 Å². The van der Waals surface area contributed by atoms with Gasteiger partial charge in [0.1, 0.15) is 0 Å². The predicted molar refractivity (Wildman–Crippen MR) is 83.8 cm³/mol. The van der Waals surface area contributed by atoms with Crippen molar-refractivity contribution in [2.45, 2.75) is 6.92 Å². The van der Waals surface area contributed by atoms with E-state index in [1.165, 1.54) is 0 Å². The summed E-state index contributed by atoms with van der Waals surface area (Å²) in [6.07, 6.45) is 3.43. The van der Waals surface area contributed by atoms with Crippen LogP contribution < -0.4 is 0 Å². The van der Waals surface area contributed by atoms with Crippen LogP contribution in [0.15, 0.2) is 12.2 Å². The molecular formula is C13H24INO4. The minimum Gasteiger partial charge on any atom is -0.379 e. The van der Waals surface area contributed by atoms with Crippen molar-refractivity contribution in [3.05, 3.63) is 12.2 Å². The van der Waals surface area contributed by atoms with Crippen LogP contribution in [0.5, 0.6) is 0 Å². The fourth-order valence-corrected chi connectivity index (χ4v) is 1.48. The van der Waals surface area contributed by atoms with Gasteiger partial charge in [0, 0.05) is 42.3 Å². The molecule has 0 aromatic heterocycles. The number of likely N-dealkylation sites (N-methyl/N-ethyl adjacent to an activating group) is 1. The van der Waals surface area contributed by atoms with E-state index in [0.717, 1.165) is 19.7 Å². The van der Waals surface area contributed by atoms with Crippen LogP contribution in [0.3, 0.4) is 0 Å². The van der Waals surface area contributed by atoms with Gasteiger partial charge in [-0.2, -0.15) is 0 Å². The van der Waals surface area contributed by atoms with Crippen LogP contribution in [0.25, 0.3) is 0 Å². The minimum absolute atomic E-state index is 0.0476. The van der Waals surface area contributed by atoms with Crippen molar-refractivity contribution < 1.29 is 19.0 Å². The Hall–Kier alpha value is -0.0200. The number of rotatable bonds is 13. The Kier molecular flexibility index (Phi) is 14.4. The van der Waals surface area contributed by atoms with Crippen molar-refractivity contribution in [1.29, 1.82) is 0 Å². The fourth-order valence-electron chi connectivity index (χ4n) is 1.22. The third-order valence-corrected chi connectivity index (χ3v) is 2.59. The van der Waals surface area contributed by atoms with Gasteiger partial charge in [0.05, 0.1) is 33.0 Å². The van der Waals surface area contributed by atoms with Crippen molar-refractivity contribution in [2.75, 3.05) is 59.8 Å². The molecule has 0 fully saturated rings. The summed E-state index contributed by atoms with van der Waals surface area (Å²) < 4.78 is 16.0. The first kappa shape index (κ1) is 19.0.